The van der Waals surface area contributed by atoms with E-state index in [1.807, 2.05) is 0 Å². The Morgan fingerprint density at radius 3 is 2.31 bits per heavy atom. The summed E-state index contributed by atoms with van der Waals surface area (Å²) in [6.45, 7) is 11.5. The molecule has 1 fully saturated rings. The maximum Gasteiger partial charge on any atom is 0.109 e. The minimum Gasteiger partial charge on any atom is -0.381 e. The molecule has 92 valence electrons. The van der Waals surface area contributed by atoms with Gasteiger partial charge in [0.1, 0.15) is 7.85 Å². The van der Waals surface area contributed by atoms with E-state index in [-0.39, 0.29) is 11.6 Å². The minimum atomic E-state index is -0.0475. The van der Waals surface area contributed by atoms with Crippen molar-refractivity contribution in [1.82, 2.24) is 0 Å². The van der Waals surface area contributed by atoms with Gasteiger partial charge in [-0.3, -0.25) is 0 Å². The predicted molar refractivity (Wildman–Crippen MR) is 70.7 cm³/mol. The van der Waals surface area contributed by atoms with Crippen LogP contribution in [0, 0.1) is 17.8 Å². The Kier molecular flexibility index (Phi) is 4.91. The van der Waals surface area contributed by atoms with E-state index in [1.54, 1.807) is 0 Å². The number of rotatable bonds is 4. The molecule has 0 aromatic carbocycles. The highest BCUT2D eigenvalue weighted by molar-refractivity contribution is 6.11. The van der Waals surface area contributed by atoms with Crippen molar-refractivity contribution >= 4 is 7.85 Å². The van der Waals surface area contributed by atoms with E-state index in [4.69, 9.17) is 12.6 Å². The summed E-state index contributed by atoms with van der Waals surface area (Å²) in [6.07, 6.45) is 4.55. The van der Waals surface area contributed by atoms with Crippen LogP contribution in [0.1, 0.15) is 60.3 Å². The third kappa shape index (κ3) is 3.26. The average molecular weight is 222 g/mol. The molecular formula is C14H27BO. The van der Waals surface area contributed by atoms with Gasteiger partial charge in [0, 0.05) is 6.00 Å². The van der Waals surface area contributed by atoms with Gasteiger partial charge in [-0.15, -0.1) is 0 Å². The zero-order valence-electron chi connectivity index (χ0n) is 11.6. The smallest absolute Gasteiger partial charge is 0.109 e. The second-order valence-electron chi connectivity index (χ2n) is 6.24. The summed E-state index contributed by atoms with van der Waals surface area (Å²) in [7, 11) is 6.00. The molecule has 1 aliphatic rings. The first-order valence-electron chi connectivity index (χ1n) is 6.81. The summed E-state index contributed by atoms with van der Waals surface area (Å²) in [6, 6.07) is -0.0475. The van der Waals surface area contributed by atoms with Crippen molar-refractivity contribution in [3.8, 4) is 0 Å². The topological polar surface area (TPSA) is 9.23 Å². The Morgan fingerprint density at radius 2 is 1.88 bits per heavy atom. The van der Waals surface area contributed by atoms with Gasteiger partial charge in [-0.1, -0.05) is 34.6 Å². The molecule has 0 amide bonds. The number of hydrogen-bond donors (Lipinski definition) is 0. The fraction of sp³-hybridized carbons (Fsp3) is 1.00. The second kappa shape index (κ2) is 5.57. The van der Waals surface area contributed by atoms with Crippen LogP contribution in [0.2, 0.25) is 0 Å². The molecular weight excluding hydrogens is 195 g/mol. The minimum absolute atomic E-state index is 0.0278. The van der Waals surface area contributed by atoms with Crippen LogP contribution in [0.4, 0.5) is 0 Å². The van der Waals surface area contributed by atoms with Gasteiger partial charge in [0.05, 0.1) is 5.60 Å². The Bertz CT molecular complexity index is 211. The summed E-state index contributed by atoms with van der Waals surface area (Å²) >= 11 is 0. The van der Waals surface area contributed by atoms with Crippen LogP contribution in [0.25, 0.3) is 0 Å². The normalized spacial score (nSPS) is 33.3. The van der Waals surface area contributed by atoms with E-state index >= 15 is 0 Å². The van der Waals surface area contributed by atoms with E-state index < -0.39 is 0 Å². The van der Waals surface area contributed by atoms with E-state index in [2.05, 4.69) is 34.6 Å². The Labute approximate surface area is 103 Å². The highest BCUT2D eigenvalue weighted by Gasteiger charge is 2.41. The summed E-state index contributed by atoms with van der Waals surface area (Å²) < 4.78 is 6.19. The van der Waals surface area contributed by atoms with E-state index in [1.165, 1.54) is 12.8 Å². The monoisotopic (exact) mass is 222 g/mol. The average Bonchev–Trinajstić information content (AvgIpc) is 2.15. The van der Waals surface area contributed by atoms with Crippen molar-refractivity contribution in [3.63, 3.8) is 0 Å². The van der Waals surface area contributed by atoms with Gasteiger partial charge in [-0.25, -0.2) is 0 Å². The van der Waals surface area contributed by atoms with Gasteiger partial charge in [0.15, 0.2) is 0 Å². The Balaban J connectivity index is 2.82. The molecule has 0 aromatic rings. The van der Waals surface area contributed by atoms with E-state index in [0.29, 0.717) is 17.8 Å². The molecule has 1 aliphatic heterocycles. The van der Waals surface area contributed by atoms with Gasteiger partial charge < -0.3 is 4.74 Å². The van der Waals surface area contributed by atoms with Crippen molar-refractivity contribution in [2.75, 3.05) is 0 Å². The molecule has 16 heavy (non-hydrogen) atoms. The van der Waals surface area contributed by atoms with Crippen molar-refractivity contribution < 1.29 is 4.74 Å². The maximum atomic E-state index is 6.19. The van der Waals surface area contributed by atoms with Gasteiger partial charge in [-0.2, -0.15) is 0 Å². The van der Waals surface area contributed by atoms with Crippen molar-refractivity contribution in [3.05, 3.63) is 0 Å². The molecule has 1 heterocycles. The first kappa shape index (κ1) is 14.1. The van der Waals surface area contributed by atoms with Gasteiger partial charge in [-0.05, 0) is 43.4 Å². The molecule has 1 nitrogen and oxygen atoms in total. The highest BCUT2D eigenvalue weighted by Crippen LogP contribution is 2.42. The van der Waals surface area contributed by atoms with Gasteiger partial charge in [0.25, 0.3) is 0 Å². The zero-order chi connectivity index (χ0) is 12.3. The zero-order valence-corrected chi connectivity index (χ0v) is 11.6. The van der Waals surface area contributed by atoms with Crippen LogP contribution in [-0.2, 0) is 4.74 Å². The lowest BCUT2D eigenvalue weighted by Crippen LogP contribution is -2.48. The third-order valence-electron chi connectivity index (χ3n) is 4.06. The molecule has 3 unspecified atom stereocenters. The Hall–Kier alpha value is 0.0249. The molecule has 1 saturated heterocycles. The van der Waals surface area contributed by atoms with Crippen LogP contribution in [0.5, 0.6) is 0 Å². The summed E-state index contributed by atoms with van der Waals surface area (Å²) in [5.41, 5.74) is 0.0278. The van der Waals surface area contributed by atoms with Crippen molar-refractivity contribution in [2.45, 2.75) is 71.9 Å². The SMILES string of the molecule is [B]C1CCCC(CC(C)C)(C(C)C(C)C)O1. The highest BCUT2D eigenvalue weighted by atomic mass is 16.5. The van der Waals surface area contributed by atoms with E-state index in [0.717, 1.165) is 12.8 Å². The fourth-order valence-corrected chi connectivity index (χ4v) is 2.99. The van der Waals surface area contributed by atoms with Crippen LogP contribution < -0.4 is 0 Å². The first-order valence-corrected chi connectivity index (χ1v) is 6.81. The molecule has 0 aliphatic carbocycles. The van der Waals surface area contributed by atoms with E-state index in [9.17, 15) is 0 Å². The molecule has 0 bridgehead atoms. The molecule has 3 atom stereocenters. The predicted octanol–water partition coefficient (Wildman–Crippen LogP) is 3.76. The molecule has 2 heteroatoms. The lowest BCUT2D eigenvalue weighted by molar-refractivity contribution is -0.148. The molecule has 1 rings (SSSR count). The van der Waals surface area contributed by atoms with Crippen LogP contribution >= 0.6 is 0 Å². The van der Waals surface area contributed by atoms with Gasteiger partial charge in [0.2, 0.25) is 0 Å². The standard InChI is InChI=1S/C14H27BO/c1-10(2)9-14(12(5)11(3)4)8-6-7-13(15)16-14/h10-13H,6-9H2,1-5H3. The Morgan fingerprint density at radius 1 is 1.25 bits per heavy atom. The van der Waals surface area contributed by atoms with Crippen LogP contribution in [0.3, 0.4) is 0 Å². The first-order chi connectivity index (χ1) is 7.37. The van der Waals surface area contributed by atoms with Crippen molar-refractivity contribution in [1.29, 1.82) is 0 Å². The largest absolute Gasteiger partial charge is 0.381 e. The molecule has 0 saturated carbocycles. The molecule has 0 aromatic heterocycles. The second-order valence-corrected chi connectivity index (χ2v) is 6.24. The third-order valence-corrected chi connectivity index (χ3v) is 4.06. The maximum absolute atomic E-state index is 6.19. The van der Waals surface area contributed by atoms with Crippen LogP contribution in [-0.4, -0.2) is 19.5 Å². The summed E-state index contributed by atoms with van der Waals surface area (Å²) in [5, 5.41) is 0. The van der Waals surface area contributed by atoms with Crippen LogP contribution in [0.15, 0.2) is 0 Å². The molecule has 2 radical (unpaired) electrons. The van der Waals surface area contributed by atoms with Crippen molar-refractivity contribution in [2.24, 2.45) is 17.8 Å². The lowest BCUT2D eigenvalue weighted by Gasteiger charge is -2.47. The molecule has 0 N–H and O–H groups in total. The van der Waals surface area contributed by atoms with Gasteiger partial charge >= 0.3 is 0 Å². The fourth-order valence-electron chi connectivity index (χ4n) is 2.99. The number of hydrogen-bond acceptors (Lipinski definition) is 1. The summed E-state index contributed by atoms with van der Waals surface area (Å²) in [4.78, 5) is 0. The lowest BCUT2D eigenvalue weighted by atomic mass is 9.70. The summed E-state index contributed by atoms with van der Waals surface area (Å²) in [5.74, 6) is 1.91. The molecule has 0 spiro atoms. The quantitative estimate of drug-likeness (QED) is 0.658. The number of ether oxygens (including phenoxy) is 1.